The van der Waals surface area contributed by atoms with Crippen molar-refractivity contribution in [3.63, 3.8) is 0 Å². The van der Waals surface area contributed by atoms with E-state index in [0.717, 1.165) is 5.69 Å². The summed E-state index contributed by atoms with van der Waals surface area (Å²) in [5.41, 5.74) is 1.76. The first-order chi connectivity index (χ1) is 16.0. The Labute approximate surface area is 192 Å². The van der Waals surface area contributed by atoms with Crippen LogP contribution in [0.2, 0.25) is 0 Å². The fourth-order valence-corrected chi connectivity index (χ4v) is 4.66. The van der Waals surface area contributed by atoms with Gasteiger partial charge in [-0.25, -0.2) is 14.2 Å². The standard InChI is InChI=1S/C23H21FN6O2S/c24-17-6-4-5-16(13-17)21-27-30-20(31)14-19(26-23(30)33-21)15-28-9-11-29(12-10-28)22(32)25-18-7-2-1-3-8-18/h1-8,13-14H,9-12,15H2,(H,25,32). The van der Waals surface area contributed by atoms with Crippen molar-refractivity contribution in [1.82, 2.24) is 24.4 Å². The van der Waals surface area contributed by atoms with Gasteiger partial charge < -0.3 is 10.2 Å². The minimum atomic E-state index is -0.357. The largest absolute Gasteiger partial charge is 0.322 e. The number of hydrogen-bond donors (Lipinski definition) is 1. The zero-order chi connectivity index (χ0) is 22.8. The zero-order valence-corrected chi connectivity index (χ0v) is 18.5. The first kappa shape index (κ1) is 21.2. The molecule has 4 aromatic rings. The summed E-state index contributed by atoms with van der Waals surface area (Å²) in [5, 5.41) is 7.75. The fraction of sp³-hybridized carbons (Fsp3) is 0.217. The van der Waals surface area contributed by atoms with E-state index in [1.54, 1.807) is 17.0 Å². The van der Waals surface area contributed by atoms with Crippen molar-refractivity contribution in [1.29, 1.82) is 0 Å². The smallest absolute Gasteiger partial charge is 0.321 e. The lowest BCUT2D eigenvalue weighted by molar-refractivity contribution is 0.142. The first-order valence-corrected chi connectivity index (χ1v) is 11.4. The van der Waals surface area contributed by atoms with E-state index in [0.29, 0.717) is 53.9 Å². The SMILES string of the molecule is O=C(Nc1ccccc1)N1CCN(Cc2cc(=O)n3nc(-c4cccc(F)c4)sc3n2)CC1. The topological polar surface area (TPSA) is 82.8 Å². The number of urea groups is 1. The van der Waals surface area contributed by atoms with Gasteiger partial charge in [0.25, 0.3) is 5.56 Å². The van der Waals surface area contributed by atoms with Crippen molar-refractivity contribution in [2.24, 2.45) is 0 Å². The lowest BCUT2D eigenvalue weighted by Gasteiger charge is -2.34. The molecule has 1 fully saturated rings. The molecule has 1 saturated heterocycles. The Bertz CT molecular complexity index is 1350. The average Bonchev–Trinajstić information content (AvgIpc) is 3.25. The molecule has 0 saturated carbocycles. The Kier molecular flexibility index (Phi) is 5.84. The van der Waals surface area contributed by atoms with Crippen molar-refractivity contribution >= 4 is 28.0 Å². The molecule has 0 spiro atoms. The van der Waals surface area contributed by atoms with Crippen molar-refractivity contribution in [3.05, 3.63) is 82.5 Å². The molecule has 1 N–H and O–H groups in total. The van der Waals surface area contributed by atoms with Gasteiger partial charge in [0.2, 0.25) is 4.96 Å². The second-order valence-electron chi connectivity index (χ2n) is 7.76. The lowest BCUT2D eigenvalue weighted by atomic mass is 10.2. The average molecular weight is 465 g/mol. The van der Waals surface area contributed by atoms with Crippen LogP contribution in [0.1, 0.15) is 5.69 Å². The number of carbonyl (C=O) groups excluding carboxylic acids is 1. The van der Waals surface area contributed by atoms with E-state index in [4.69, 9.17) is 0 Å². The van der Waals surface area contributed by atoms with Gasteiger partial charge in [0.15, 0.2) is 0 Å². The van der Waals surface area contributed by atoms with E-state index in [1.165, 1.54) is 34.1 Å². The highest BCUT2D eigenvalue weighted by Gasteiger charge is 2.22. The van der Waals surface area contributed by atoms with Crippen LogP contribution in [0.5, 0.6) is 0 Å². The Balaban J connectivity index is 1.24. The Morgan fingerprint density at radius 1 is 1.03 bits per heavy atom. The van der Waals surface area contributed by atoms with Crippen LogP contribution in [0.3, 0.4) is 0 Å². The number of nitrogens with zero attached hydrogens (tertiary/aromatic N) is 5. The maximum atomic E-state index is 13.6. The minimum Gasteiger partial charge on any atom is -0.322 e. The van der Waals surface area contributed by atoms with Crippen LogP contribution in [-0.2, 0) is 6.54 Å². The second-order valence-corrected chi connectivity index (χ2v) is 8.71. The first-order valence-electron chi connectivity index (χ1n) is 10.5. The number of para-hydroxylation sites is 1. The molecule has 1 aliphatic heterocycles. The molecular weight excluding hydrogens is 443 g/mol. The second kappa shape index (κ2) is 9.08. The van der Waals surface area contributed by atoms with Gasteiger partial charge in [-0.15, -0.1) is 0 Å². The van der Waals surface area contributed by atoms with Crippen LogP contribution >= 0.6 is 11.3 Å². The van der Waals surface area contributed by atoms with E-state index in [1.807, 2.05) is 30.3 Å². The van der Waals surface area contributed by atoms with Gasteiger partial charge in [0.1, 0.15) is 10.8 Å². The van der Waals surface area contributed by atoms with Crippen molar-refractivity contribution < 1.29 is 9.18 Å². The van der Waals surface area contributed by atoms with Crippen molar-refractivity contribution in [2.75, 3.05) is 31.5 Å². The summed E-state index contributed by atoms with van der Waals surface area (Å²) in [7, 11) is 0. The fourth-order valence-electron chi connectivity index (χ4n) is 3.74. The molecule has 0 radical (unpaired) electrons. The lowest BCUT2D eigenvalue weighted by Crippen LogP contribution is -2.49. The van der Waals surface area contributed by atoms with E-state index < -0.39 is 0 Å². The highest BCUT2D eigenvalue weighted by Crippen LogP contribution is 2.25. The van der Waals surface area contributed by atoms with Gasteiger partial charge in [-0.3, -0.25) is 9.69 Å². The molecule has 5 rings (SSSR count). The monoisotopic (exact) mass is 464 g/mol. The van der Waals surface area contributed by atoms with Gasteiger partial charge in [-0.05, 0) is 24.3 Å². The number of benzene rings is 2. The maximum Gasteiger partial charge on any atom is 0.321 e. The molecule has 0 unspecified atom stereocenters. The predicted octanol–water partition coefficient (Wildman–Crippen LogP) is 3.31. The van der Waals surface area contributed by atoms with E-state index in [-0.39, 0.29) is 17.4 Å². The van der Waals surface area contributed by atoms with Gasteiger partial charge in [-0.2, -0.15) is 9.61 Å². The number of fused-ring (bicyclic) bond motifs is 1. The third-order valence-electron chi connectivity index (χ3n) is 5.44. The number of halogens is 1. The Hall–Kier alpha value is -3.63. The number of nitrogens with one attached hydrogen (secondary N) is 1. The maximum absolute atomic E-state index is 13.6. The van der Waals surface area contributed by atoms with E-state index in [2.05, 4.69) is 20.3 Å². The molecular formula is C23H21FN6O2S. The quantitative estimate of drug-likeness (QED) is 0.501. The Morgan fingerprint density at radius 2 is 1.82 bits per heavy atom. The minimum absolute atomic E-state index is 0.117. The molecule has 8 nitrogen and oxygen atoms in total. The zero-order valence-electron chi connectivity index (χ0n) is 17.6. The number of carbonyl (C=O) groups is 1. The van der Waals surface area contributed by atoms with Crippen LogP contribution in [-0.4, -0.2) is 56.6 Å². The van der Waals surface area contributed by atoms with Crippen LogP contribution in [0, 0.1) is 5.82 Å². The van der Waals surface area contributed by atoms with Gasteiger partial charge in [-0.1, -0.05) is 41.7 Å². The molecule has 0 aliphatic carbocycles. The van der Waals surface area contributed by atoms with Crippen LogP contribution in [0.25, 0.3) is 15.5 Å². The highest BCUT2D eigenvalue weighted by molar-refractivity contribution is 7.19. The summed E-state index contributed by atoms with van der Waals surface area (Å²) in [6.07, 6.45) is 0. The molecule has 2 aromatic heterocycles. The molecule has 1 aliphatic rings. The molecule has 0 bridgehead atoms. The van der Waals surface area contributed by atoms with Gasteiger partial charge >= 0.3 is 6.03 Å². The molecule has 168 valence electrons. The summed E-state index contributed by atoms with van der Waals surface area (Å²) in [4.78, 5) is 34.1. The number of rotatable bonds is 4. The molecule has 2 amide bonds. The Morgan fingerprint density at radius 3 is 2.58 bits per heavy atom. The molecule has 10 heteroatoms. The number of anilines is 1. The molecule has 3 heterocycles. The number of hydrogen-bond acceptors (Lipinski definition) is 6. The molecule has 2 aromatic carbocycles. The van der Waals surface area contributed by atoms with E-state index >= 15 is 0 Å². The number of piperazine rings is 1. The number of aromatic nitrogens is 3. The highest BCUT2D eigenvalue weighted by atomic mass is 32.1. The van der Waals surface area contributed by atoms with Crippen LogP contribution in [0.15, 0.2) is 65.5 Å². The summed E-state index contributed by atoms with van der Waals surface area (Å²) in [5.74, 6) is -0.357. The van der Waals surface area contributed by atoms with Crippen LogP contribution in [0.4, 0.5) is 14.9 Å². The number of amides is 2. The third kappa shape index (κ3) is 4.76. The van der Waals surface area contributed by atoms with E-state index in [9.17, 15) is 14.0 Å². The van der Waals surface area contributed by atoms with Gasteiger partial charge in [0.05, 0.1) is 5.69 Å². The summed E-state index contributed by atoms with van der Waals surface area (Å²) >= 11 is 1.25. The third-order valence-corrected chi connectivity index (χ3v) is 6.40. The summed E-state index contributed by atoms with van der Waals surface area (Å²) < 4.78 is 14.8. The summed E-state index contributed by atoms with van der Waals surface area (Å²) in [6, 6.07) is 16.8. The van der Waals surface area contributed by atoms with Gasteiger partial charge in [0, 0.05) is 50.0 Å². The predicted molar refractivity (Wildman–Crippen MR) is 125 cm³/mol. The molecule has 33 heavy (non-hydrogen) atoms. The van der Waals surface area contributed by atoms with Crippen molar-refractivity contribution in [2.45, 2.75) is 6.54 Å². The van der Waals surface area contributed by atoms with Crippen molar-refractivity contribution in [3.8, 4) is 10.6 Å². The summed E-state index contributed by atoms with van der Waals surface area (Å²) in [6.45, 7) is 3.04. The van der Waals surface area contributed by atoms with Crippen LogP contribution < -0.4 is 10.9 Å². The molecule has 0 atom stereocenters. The normalized spacial score (nSPS) is 14.5.